The first-order valence-electron chi connectivity index (χ1n) is 8.33. The average molecular weight is 380 g/mol. The number of benzene rings is 1. The van der Waals surface area contributed by atoms with Gasteiger partial charge in [-0.1, -0.05) is 12.1 Å². The molecule has 0 aliphatic carbocycles. The fraction of sp³-hybridized carbons (Fsp3) is 0.647. The van der Waals surface area contributed by atoms with E-state index >= 15 is 0 Å². The molecule has 1 saturated heterocycles. The van der Waals surface area contributed by atoms with Gasteiger partial charge in [0.15, 0.2) is 0 Å². The molecule has 0 saturated carbocycles. The lowest BCUT2D eigenvalue weighted by molar-refractivity contribution is -0.231. The molecule has 1 heterocycles. The maximum Gasteiger partial charge on any atom is 0.389 e. The summed E-state index contributed by atoms with van der Waals surface area (Å²) in [4.78, 5) is 0. The number of rotatable bonds is 7. The fourth-order valence-corrected chi connectivity index (χ4v) is 2.78. The molecule has 148 valence electrons. The third-order valence-corrected chi connectivity index (χ3v) is 4.20. The largest absolute Gasteiger partial charge is 0.494 e. The monoisotopic (exact) mass is 380 g/mol. The van der Waals surface area contributed by atoms with Crippen molar-refractivity contribution in [2.45, 2.75) is 56.0 Å². The van der Waals surface area contributed by atoms with Crippen molar-refractivity contribution in [3.63, 3.8) is 0 Å². The number of unbranched alkanes of at least 4 members (excludes halogenated alkanes) is 1. The van der Waals surface area contributed by atoms with Crippen molar-refractivity contribution in [3.8, 4) is 5.75 Å². The molecule has 6 nitrogen and oxygen atoms in total. The zero-order valence-electron chi connectivity index (χ0n) is 14.0. The summed E-state index contributed by atoms with van der Waals surface area (Å²) in [6.45, 7) is -0.426. The first-order chi connectivity index (χ1) is 12.2. The third kappa shape index (κ3) is 5.55. The van der Waals surface area contributed by atoms with Gasteiger partial charge in [-0.05, 0) is 30.5 Å². The normalized spacial score (nSPS) is 29.6. The lowest BCUT2D eigenvalue weighted by Crippen LogP contribution is -2.55. The first-order valence-corrected chi connectivity index (χ1v) is 8.33. The van der Waals surface area contributed by atoms with Crippen LogP contribution in [0.4, 0.5) is 13.2 Å². The fourth-order valence-electron chi connectivity index (χ4n) is 2.78. The molecule has 2 rings (SSSR count). The molecule has 1 aromatic rings. The minimum Gasteiger partial charge on any atom is -0.494 e. The van der Waals surface area contributed by atoms with Crippen molar-refractivity contribution in [2.24, 2.45) is 0 Å². The van der Waals surface area contributed by atoms with Crippen LogP contribution in [0.15, 0.2) is 24.3 Å². The molecule has 1 aliphatic rings. The summed E-state index contributed by atoms with van der Waals surface area (Å²) in [7, 11) is 0. The van der Waals surface area contributed by atoms with Crippen molar-refractivity contribution in [1.82, 2.24) is 0 Å². The third-order valence-electron chi connectivity index (χ3n) is 4.20. The highest BCUT2D eigenvalue weighted by molar-refractivity contribution is 5.31. The molecule has 5 atom stereocenters. The lowest BCUT2D eigenvalue weighted by atomic mass is 9.91. The van der Waals surface area contributed by atoms with Gasteiger partial charge in [-0.3, -0.25) is 0 Å². The van der Waals surface area contributed by atoms with Gasteiger partial charge >= 0.3 is 6.18 Å². The number of hydrogen-bond donors (Lipinski definition) is 4. The molecule has 26 heavy (non-hydrogen) atoms. The van der Waals surface area contributed by atoms with Gasteiger partial charge in [0, 0.05) is 6.42 Å². The molecule has 1 fully saturated rings. The van der Waals surface area contributed by atoms with Crippen LogP contribution < -0.4 is 4.74 Å². The zero-order chi connectivity index (χ0) is 19.3. The molecule has 0 aromatic heterocycles. The van der Waals surface area contributed by atoms with Crippen molar-refractivity contribution in [2.75, 3.05) is 13.2 Å². The second kappa shape index (κ2) is 9.01. The zero-order valence-corrected chi connectivity index (χ0v) is 14.0. The van der Waals surface area contributed by atoms with Crippen LogP contribution in [0.25, 0.3) is 0 Å². The molecule has 4 N–H and O–H groups in total. The van der Waals surface area contributed by atoms with Crippen LogP contribution in [0.5, 0.6) is 5.75 Å². The summed E-state index contributed by atoms with van der Waals surface area (Å²) in [5.41, 5.74) is 0.453. The maximum absolute atomic E-state index is 12.1. The highest BCUT2D eigenvalue weighted by Gasteiger charge is 2.43. The van der Waals surface area contributed by atoms with Crippen LogP contribution in [0.2, 0.25) is 0 Å². The van der Waals surface area contributed by atoms with E-state index in [4.69, 9.17) is 9.47 Å². The number of ether oxygens (including phenoxy) is 2. The van der Waals surface area contributed by atoms with Gasteiger partial charge in [-0.15, -0.1) is 0 Å². The van der Waals surface area contributed by atoms with E-state index in [-0.39, 0.29) is 19.4 Å². The Morgan fingerprint density at radius 3 is 2.42 bits per heavy atom. The molecule has 1 aromatic carbocycles. The van der Waals surface area contributed by atoms with Crippen molar-refractivity contribution in [1.29, 1.82) is 0 Å². The van der Waals surface area contributed by atoms with Gasteiger partial charge in [0.25, 0.3) is 0 Å². The van der Waals surface area contributed by atoms with Crippen LogP contribution >= 0.6 is 0 Å². The van der Waals surface area contributed by atoms with Crippen molar-refractivity contribution in [3.05, 3.63) is 29.8 Å². The molecule has 9 heteroatoms. The highest BCUT2D eigenvalue weighted by Crippen LogP contribution is 2.33. The Morgan fingerprint density at radius 1 is 1.04 bits per heavy atom. The summed E-state index contributed by atoms with van der Waals surface area (Å²) in [5, 5.41) is 39.0. The molecule has 1 unspecified atom stereocenters. The van der Waals surface area contributed by atoms with E-state index in [0.29, 0.717) is 11.3 Å². The Morgan fingerprint density at radius 2 is 1.77 bits per heavy atom. The Kier molecular flexibility index (Phi) is 7.24. The summed E-state index contributed by atoms with van der Waals surface area (Å²) in [6.07, 6.45) is -11.2. The summed E-state index contributed by atoms with van der Waals surface area (Å²) < 4.78 is 47.1. The van der Waals surface area contributed by atoms with Crippen LogP contribution in [-0.2, 0) is 4.74 Å². The van der Waals surface area contributed by atoms with Gasteiger partial charge in [0.2, 0.25) is 0 Å². The number of hydrogen-bond acceptors (Lipinski definition) is 6. The minimum atomic E-state index is -4.18. The summed E-state index contributed by atoms with van der Waals surface area (Å²) in [6, 6.07) is 6.37. The summed E-state index contributed by atoms with van der Waals surface area (Å²) in [5.74, 6) is 0.381. The molecule has 0 bridgehead atoms. The van der Waals surface area contributed by atoms with E-state index in [9.17, 15) is 33.6 Å². The van der Waals surface area contributed by atoms with E-state index in [0.717, 1.165) is 0 Å². The number of halogens is 3. The Labute approximate surface area is 148 Å². The highest BCUT2D eigenvalue weighted by atomic mass is 19.4. The molecule has 0 amide bonds. The average Bonchev–Trinajstić information content (AvgIpc) is 2.59. The second-order valence-corrected chi connectivity index (χ2v) is 6.24. The lowest BCUT2D eigenvalue weighted by Gasteiger charge is -2.40. The smallest absolute Gasteiger partial charge is 0.389 e. The van der Waals surface area contributed by atoms with E-state index in [1.54, 1.807) is 18.2 Å². The van der Waals surface area contributed by atoms with Gasteiger partial charge in [0.1, 0.15) is 36.3 Å². The number of aliphatic hydroxyl groups is 4. The molecule has 0 radical (unpaired) electrons. The quantitative estimate of drug-likeness (QED) is 0.533. The van der Waals surface area contributed by atoms with Crippen LogP contribution in [0.3, 0.4) is 0 Å². The van der Waals surface area contributed by atoms with E-state index < -0.39 is 49.7 Å². The Bertz CT molecular complexity index is 566. The Balaban J connectivity index is 1.95. The molecular weight excluding hydrogens is 357 g/mol. The van der Waals surface area contributed by atoms with Crippen LogP contribution in [0.1, 0.15) is 30.9 Å². The Hall–Kier alpha value is -1.39. The maximum atomic E-state index is 12.1. The first kappa shape index (κ1) is 20.9. The predicted octanol–water partition coefficient (Wildman–Crippen LogP) is 1.31. The molecule has 0 spiro atoms. The summed E-state index contributed by atoms with van der Waals surface area (Å²) >= 11 is 0. The molecular formula is C17H23F3O6. The SMILES string of the molecule is OC[C@H]1OC(c2cccc(OCCCCC(F)(F)F)c2)[C@@H](O)[C@@H](O)[C@@H]1O. The molecule has 1 aliphatic heterocycles. The van der Waals surface area contributed by atoms with E-state index in [1.165, 1.54) is 6.07 Å². The van der Waals surface area contributed by atoms with Crippen LogP contribution in [-0.4, -0.2) is 64.2 Å². The predicted molar refractivity (Wildman–Crippen MR) is 84.6 cm³/mol. The van der Waals surface area contributed by atoms with Gasteiger partial charge in [-0.25, -0.2) is 0 Å². The van der Waals surface area contributed by atoms with E-state index in [1.807, 2.05) is 0 Å². The van der Waals surface area contributed by atoms with Crippen molar-refractivity contribution >= 4 is 0 Å². The van der Waals surface area contributed by atoms with Gasteiger partial charge in [0.05, 0.1) is 13.2 Å². The van der Waals surface area contributed by atoms with Gasteiger partial charge in [-0.2, -0.15) is 13.2 Å². The van der Waals surface area contributed by atoms with E-state index in [2.05, 4.69) is 0 Å². The van der Waals surface area contributed by atoms with Gasteiger partial charge < -0.3 is 29.9 Å². The van der Waals surface area contributed by atoms with Crippen molar-refractivity contribution < 1.29 is 43.1 Å². The van der Waals surface area contributed by atoms with Crippen LogP contribution in [0, 0.1) is 0 Å². The topological polar surface area (TPSA) is 99.4 Å². The second-order valence-electron chi connectivity index (χ2n) is 6.24. The minimum absolute atomic E-state index is 0.0318. The number of aliphatic hydroxyl groups excluding tert-OH is 4. The number of alkyl halides is 3. The standard InChI is InChI=1S/C17H23F3O6/c18-17(19,20)6-1-2-7-25-11-5-3-4-10(8-11)16-15(24)14(23)13(22)12(9-21)26-16/h3-5,8,12-16,21-24H,1-2,6-7,9H2/t12-,13-,14+,15+,16?/m1/s1.